The smallest absolute Gasteiger partial charge is 0.142 e. The minimum absolute atomic E-state index is 0.111. The molecule has 1 aromatic carbocycles. The van der Waals surface area contributed by atoms with Crippen molar-refractivity contribution in [3.05, 3.63) is 35.4 Å². The first-order valence-electron chi connectivity index (χ1n) is 11.5. The summed E-state index contributed by atoms with van der Waals surface area (Å²) in [5, 5.41) is 23.7. The summed E-state index contributed by atoms with van der Waals surface area (Å²) in [6.45, 7) is 2.42. The second-order valence-corrected chi connectivity index (χ2v) is 8.80. The first-order valence-corrected chi connectivity index (χ1v) is 11.5. The number of aromatic hydroxyl groups is 1. The number of nitriles is 1. The van der Waals surface area contributed by atoms with Crippen LogP contribution in [0, 0.1) is 17.2 Å². The van der Waals surface area contributed by atoms with E-state index in [1.807, 2.05) is 12.1 Å². The average molecular weight is 421 g/mol. The lowest BCUT2D eigenvalue weighted by atomic mass is 9.87. The molecule has 31 heavy (non-hydrogen) atoms. The number of anilines is 1. The highest BCUT2D eigenvalue weighted by atomic mass is 16.5. The third-order valence-corrected chi connectivity index (χ3v) is 6.70. The number of nitrogen functional groups attached to an aromatic ring is 1. The van der Waals surface area contributed by atoms with Gasteiger partial charge in [-0.3, -0.25) is 0 Å². The van der Waals surface area contributed by atoms with Crippen molar-refractivity contribution in [2.75, 3.05) is 25.4 Å². The van der Waals surface area contributed by atoms with Crippen LogP contribution in [0.5, 0.6) is 11.5 Å². The minimum atomic E-state index is 0.111. The number of benzene rings is 1. The van der Waals surface area contributed by atoms with Gasteiger partial charge >= 0.3 is 0 Å². The number of phenols is 1. The highest BCUT2D eigenvalue weighted by Gasteiger charge is 2.24. The summed E-state index contributed by atoms with van der Waals surface area (Å²) in [6.07, 6.45) is 9.61. The van der Waals surface area contributed by atoms with Crippen molar-refractivity contribution in [1.29, 1.82) is 5.26 Å². The summed E-state index contributed by atoms with van der Waals surface area (Å²) < 4.78 is 6.14. The molecule has 6 nitrogen and oxygen atoms in total. The Morgan fingerprint density at radius 2 is 2.03 bits per heavy atom. The van der Waals surface area contributed by atoms with Gasteiger partial charge in [-0.15, -0.1) is 0 Å². The number of nitrogens with zero attached hydrogens (tertiary/aromatic N) is 2. The van der Waals surface area contributed by atoms with Crippen molar-refractivity contribution in [3.8, 4) is 28.8 Å². The molecule has 0 radical (unpaired) electrons. The van der Waals surface area contributed by atoms with Gasteiger partial charge in [0.1, 0.15) is 23.4 Å². The van der Waals surface area contributed by atoms with Crippen molar-refractivity contribution < 1.29 is 9.84 Å². The van der Waals surface area contributed by atoms with Crippen LogP contribution in [0.2, 0.25) is 0 Å². The van der Waals surface area contributed by atoms with Crippen molar-refractivity contribution in [1.82, 2.24) is 10.3 Å². The van der Waals surface area contributed by atoms with Gasteiger partial charge in [0.2, 0.25) is 0 Å². The minimum Gasteiger partial charge on any atom is -0.507 e. The predicted octanol–water partition coefficient (Wildman–Crippen LogP) is 4.72. The van der Waals surface area contributed by atoms with Crippen molar-refractivity contribution in [2.24, 2.45) is 5.92 Å². The summed E-state index contributed by atoms with van der Waals surface area (Å²) in [5.74, 6) is 1.86. The monoisotopic (exact) mass is 420 g/mol. The molecule has 0 amide bonds. The molecule has 1 aliphatic heterocycles. The lowest BCUT2D eigenvalue weighted by Gasteiger charge is -2.25. The summed E-state index contributed by atoms with van der Waals surface area (Å²) in [7, 11) is 0. The zero-order valence-electron chi connectivity index (χ0n) is 18.1. The van der Waals surface area contributed by atoms with Gasteiger partial charge in [-0.25, -0.2) is 4.98 Å². The summed E-state index contributed by atoms with van der Waals surface area (Å²) in [5.41, 5.74) is 8.64. The van der Waals surface area contributed by atoms with E-state index in [-0.39, 0.29) is 17.5 Å². The van der Waals surface area contributed by atoms with E-state index < -0.39 is 0 Å². The standard InChI is InChI=1S/C25H32N4O2/c26-15-20-19(18-8-5-12-28-16-18)14-21(29-25(20)27)24-22(30)9-4-10-23(24)31-13-11-17-6-2-1-3-7-17/h4,9-10,14,17-18,28,30H,1-3,5-8,11-13,16H2,(H2,27,29). The molecule has 1 aliphatic carbocycles. The van der Waals surface area contributed by atoms with Crippen LogP contribution in [0.1, 0.15) is 68.4 Å². The third kappa shape index (κ3) is 4.94. The van der Waals surface area contributed by atoms with Gasteiger partial charge in [0.25, 0.3) is 0 Å². The maximum absolute atomic E-state index is 10.7. The van der Waals surface area contributed by atoms with Gasteiger partial charge in [-0.2, -0.15) is 5.26 Å². The highest BCUT2D eigenvalue weighted by Crippen LogP contribution is 2.40. The van der Waals surface area contributed by atoms with Gasteiger partial charge < -0.3 is 20.9 Å². The van der Waals surface area contributed by atoms with Crippen molar-refractivity contribution >= 4 is 5.82 Å². The topological polar surface area (TPSA) is 104 Å². The van der Waals surface area contributed by atoms with E-state index in [0.29, 0.717) is 29.2 Å². The van der Waals surface area contributed by atoms with Gasteiger partial charge in [-0.1, -0.05) is 38.2 Å². The fraction of sp³-hybridized carbons (Fsp3) is 0.520. The van der Waals surface area contributed by atoms with E-state index >= 15 is 0 Å². The zero-order valence-corrected chi connectivity index (χ0v) is 18.1. The number of rotatable bonds is 6. The Kier molecular flexibility index (Phi) is 6.93. The molecule has 1 saturated carbocycles. The first kappa shape index (κ1) is 21.5. The summed E-state index contributed by atoms with van der Waals surface area (Å²) in [4.78, 5) is 4.48. The van der Waals surface area contributed by atoms with Crippen LogP contribution < -0.4 is 15.8 Å². The normalized spacial score (nSPS) is 19.6. The fourth-order valence-electron chi connectivity index (χ4n) is 4.98. The van der Waals surface area contributed by atoms with E-state index in [2.05, 4.69) is 16.4 Å². The second-order valence-electron chi connectivity index (χ2n) is 8.80. The second kappa shape index (κ2) is 10.0. The van der Waals surface area contributed by atoms with Crippen LogP contribution in [0.15, 0.2) is 24.3 Å². The molecule has 1 aromatic heterocycles. The maximum Gasteiger partial charge on any atom is 0.142 e. The molecule has 4 rings (SSSR count). The van der Waals surface area contributed by atoms with Crippen LogP contribution in [0.25, 0.3) is 11.3 Å². The van der Waals surface area contributed by atoms with E-state index in [1.54, 1.807) is 12.1 Å². The van der Waals surface area contributed by atoms with Crippen LogP contribution in [-0.2, 0) is 0 Å². The number of phenolic OH excluding ortho intramolecular Hbond substituents is 1. The average Bonchev–Trinajstić information content (AvgIpc) is 2.80. The predicted molar refractivity (Wildman–Crippen MR) is 122 cm³/mol. The molecular weight excluding hydrogens is 388 g/mol. The molecular formula is C25H32N4O2. The number of ether oxygens (including phenoxy) is 1. The Morgan fingerprint density at radius 1 is 1.19 bits per heavy atom. The Labute approximate surface area is 184 Å². The van der Waals surface area contributed by atoms with Crippen LogP contribution >= 0.6 is 0 Å². The molecule has 2 aliphatic rings. The SMILES string of the molecule is N#Cc1c(C2CCCNC2)cc(-c2c(O)cccc2OCCC2CCCCC2)nc1N. The number of hydrogen-bond acceptors (Lipinski definition) is 6. The van der Waals surface area contributed by atoms with Gasteiger partial charge in [0.15, 0.2) is 0 Å². The molecule has 1 atom stereocenters. The molecule has 2 heterocycles. The number of hydrogen-bond donors (Lipinski definition) is 3. The molecule has 6 heteroatoms. The van der Waals surface area contributed by atoms with E-state index in [9.17, 15) is 10.4 Å². The van der Waals surface area contributed by atoms with E-state index in [1.165, 1.54) is 32.1 Å². The lowest BCUT2D eigenvalue weighted by molar-refractivity contribution is 0.246. The Hall–Kier alpha value is -2.78. The number of pyridine rings is 1. The first-order chi connectivity index (χ1) is 15.2. The molecule has 4 N–H and O–H groups in total. The Balaban J connectivity index is 1.62. The number of aromatic nitrogens is 1. The highest BCUT2D eigenvalue weighted by molar-refractivity contribution is 5.76. The molecule has 0 bridgehead atoms. The molecule has 1 unspecified atom stereocenters. The number of piperidine rings is 1. The number of nitrogens with two attached hydrogens (primary N) is 1. The Bertz CT molecular complexity index is 941. The largest absolute Gasteiger partial charge is 0.507 e. The molecule has 2 aromatic rings. The molecule has 164 valence electrons. The lowest BCUT2D eigenvalue weighted by Crippen LogP contribution is -2.29. The summed E-state index contributed by atoms with van der Waals surface area (Å²) >= 11 is 0. The van der Waals surface area contributed by atoms with Crippen molar-refractivity contribution in [3.63, 3.8) is 0 Å². The third-order valence-electron chi connectivity index (χ3n) is 6.70. The van der Waals surface area contributed by atoms with E-state index in [4.69, 9.17) is 10.5 Å². The van der Waals surface area contributed by atoms with E-state index in [0.717, 1.165) is 43.8 Å². The van der Waals surface area contributed by atoms with Gasteiger partial charge in [-0.05, 0) is 61.4 Å². The van der Waals surface area contributed by atoms with Gasteiger partial charge in [0.05, 0.1) is 23.4 Å². The van der Waals surface area contributed by atoms with Crippen LogP contribution in [0.4, 0.5) is 5.82 Å². The summed E-state index contributed by atoms with van der Waals surface area (Å²) in [6, 6.07) is 9.44. The quantitative estimate of drug-likeness (QED) is 0.624. The van der Waals surface area contributed by atoms with Crippen molar-refractivity contribution in [2.45, 2.75) is 57.3 Å². The molecule has 2 fully saturated rings. The van der Waals surface area contributed by atoms with Crippen LogP contribution in [-0.4, -0.2) is 29.8 Å². The number of nitrogens with one attached hydrogen (secondary N) is 1. The van der Waals surface area contributed by atoms with Crippen LogP contribution in [0.3, 0.4) is 0 Å². The van der Waals surface area contributed by atoms with Gasteiger partial charge in [0, 0.05) is 6.54 Å². The Morgan fingerprint density at radius 3 is 2.77 bits per heavy atom. The zero-order chi connectivity index (χ0) is 21.6. The molecule has 0 spiro atoms. The fourth-order valence-corrected chi connectivity index (χ4v) is 4.98. The molecule has 1 saturated heterocycles. The maximum atomic E-state index is 10.7.